The van der Waals surface area contributed by atoms with Crippen LogP contribution in [0.1, 0.15) is 56.3 Å². The molecular formula is C23H21N3O4. The van der Waals surface area contributed by atoms with Crippen LogP contribution in [-0.2, 0) is 6.42 Å². The van der Waals surface area contributed by atoms with Crippen LogP contribution >= 0.6 is 0 Å². The first-order valence-electron chi connectivity index (χ1n) is 9.72. The third-order valence-electron chi connectivity index (χ3n) is 4.93. The van der Waals surface area contributed by atoms with E-state index in [1.54, 1.807) is 43.5 Å². The van der Waals surface area contributed by atoms with Gasteiger partial charge in [-0.1, -0.05) is 23.8 Å². The van der Waals surface area contributed by atoms with Crippen molar-refractivity contribution in [3.05, 3.63) is 82.6 Å². The van der Waals surface area contributed by atoms with E-state index in [1.165, 1.54) is 0 Å². The van der Waals surface area contributed by atoms with Crippen molar-refractivity contribution in [3.8, 4) is 5.75 Å². The molecular weight excluding hydrogens is 382 g/mol. The lowest BCUT2D eigenvalue weighted by Crippen LogP contribution is -2.22. The fourth-order valence-corrected chi connectivity index (χ4v) is 3.41. The highest BCUT2D eigenvalue weighted by atomic mass is 16.5. The zero-order valence-corrected chi connectivity index (χ0v) is 16.8. The molecule has 7 heteroatoms. The summed E-state index contributed by atoms with van der Waals surface area (Å²) in [6.45, 7) is 3.76. The van der Waals surface area contributed by atoms with Crippen LogP contribution in [0.25, 0.3) is 0 Å². The van der Waals surface area contributed by atoms with Crippen molar-refractivity contribution in [1.82, 2.24) is 10.4 Å². The number of benzene rings is 1. The monoisotopic (exact) mass is 403 g/mol. The average molecular weight is 403 g/mol. The molecule has 4 rings (SSSR count). The number of carbonyl (C=O) groups is 2. The summed E-state index contributed by atoms with van der Waals surface area (Å²) in [6, 6.07) is 12.3. The smallest absolute Gasteiger partial charge is 0.379 e. The molecule has 1 amide bonds. The van der Waals surface area contributed by atoms with Crippen LogP contribution in [-0.4, -0.2) is 22.6 Å². The van der Waals surface area contributed by atoms with Crippen molar-refractivity contribution in [3.63, 3.8) is 0 Å². The molecule has 3 aromatic rings. The van der Waals surface area contributed by atoms with Gasteiger partial charge < -0.3 is 9.15 Å². The van der Waals surface area contributed by atoms with Crippen molar-refractivity contribution >= 4 is 17.6 Å². The molecule has 0 saturated carbocycles. The van der Waals surface area contributed by atoms with Gasteiger partial charge in [0.05, 0.1) is 5.71 Å². The third-order valence-corrected chi connectivity index (χ3v) is 4.93. The third kappa shape index (κ3) is 4.00. The Morgan fingerprint density at radius 3 is 2.63 bits per heavy atom. The van der Waals surface area contributed by atoms with Crippen LogP contribution in [0.15, 0.2) is 58.2 Å². The maximum atomic E-state index is 12.7. The summed E-state index contributed by atoms with van der Waals surface area (Å²) in [5.74, 6) is 0.348. The van der Waals surface area contributed by atoms with E-state index in [2.05, 4.69) is 15.5 Å². The number of fused-ring (bicyclic) bond motifs is 1. The second kappa shape index (κ2) is 8.32. The Balaban J connectivity index is 1.56. The number of hydrogen-bond donors (Lipinski definition) is 1. The van der Waals surface area contributed by atoms with Gasteiger partial charge in [-0.05, 0) is 51.0 Å². The maximum Gasteiger partial charge on any atom is 0.379 e. The Bertz CT molecular complexity index is 1120. The number of furan rings is 1. The van der Waals surface area contributed by atoms with Gasteiger partial charge in [-0.25, -0.2) is 10.2 Å². The topological polar surface area (TPSA) is 93.8 Å². The summed E-state index contributed by atoms with van der Waals surface area (Å²) in [6.07, 6.45) is 3.72. The molecule has 0 fully saturated rings. The number of aryl methyl sites for hydroxylation is 2. The largest absolute Gasteiger partial charge is 0.453 e. The molecule has 1 aliphatic rings. The summed E-state index contributed by atoms with van der Waals surface area (Å²) in [7, 11) is 0. The molecule has 0 aliphatic heterocycles. The Kier molecular flexibility index (Phi) is 5.43. The van der Waals surface area contributed by atoms with Gasteiger partial charge in [0.1, 0.15) is 17.2 Å². The first-order chi connectivity index (χ1) is 14.5. The quantitative estimate of drug-likeness (QED) is 0.404. The van der Waals surface area contributed by atoms with Gasteiger partial charge in [0.15, 0.2) is 0 Å². The minimum Gasteiger partial charge on any atom is -0.453 e. The number of ether oxygens (including phenoxy) is 1. The molecule has 30 heavy (non-hydrogen) atoms. The number of pyridine rings is 1. The SMILES string of the molecule is Cc1ccc(OC(=O)c2oc3c(c2C)/C(=N/NC(=O)c2ccccn2)CCC3)cc1. The van der Waals surface area contributed by atoms with E-state index in [1.807, 2.05) is 19.1 Å². The number of hydrogen-bond acceptors (Lipinski definition) is 6. The van der Waals surface area contributed by atoms with Gasteiger partial charge in [-0.15, -0.1) is 0 Å². The number of rotatable bonds is 4. The number of nitrogens with one attached hydrogen (secondary N) is 1. The number of amides is 1. The number of aromatic nitrogens is 1. The summed E-state index contributed by atoms with van der Waals surface area (Å²) in [5, 5.41) is 4.29. The van der Waals surface area contributed by atoms with Crippen LogP contribution in [0.2, 0.25) is 0 Å². The average Bonchev–Trinajstić information content (AvgIpc) is 3.11. The van der Waals surface area contributed by atoms with Gasteiger partial charge in [0.25, 0.3) is 5.91 Å². The Morgan fingerprint density at radius 2 is 1.90 bits per heavy atom. The van der Waals surface area contributed by atoms with E-state index in [4.69, 9.17) is 9.15 Å². The molecule has 0 radical (unpaired) electrons. The lowest BCUT2D eigenvalue weighted by atomic mass is 9.93. The van der Waals surface area contributed by atoms with Crippen molar-refractivity contribution in [2.24, 2.45) is 5.10 Å². The first kappa shape index (κ1) is 19.6. The minimum atomic E-state index is -0.553. The lowest BCUT2D eigenvalue weighted by molar-refractivity contribution is 0.0698. The molecule has 0 bridgehead atoms. The van der Waals surface area contributed by atoms with E-state index in [-0.39, 0.29) is 11.5 Å². The highest BCUT2D eigenvalue weighted by Crippen LogP contribution is 2.30. The summed E-state index contributed by atoms with van der Waals surface area (Å²) < 4.78 is 11.3. The van der Waals surface area contributed by atoms with Crippen LogP contribution < -0.4 is 10.2 Å². The predicted octanol–water partition coefficient (Wildman–Crippen LogP) is 3.98. The van der Waals surface area contributed by atoms with Gasteiger partial charge in [0, 0.05) is 23.7 Å². The molecule has 0 unspecified atom stereocenters. The van der Waals surface area contributed by atoms with Crippen molar-refractivity contribution in [1.29, 1.82) is 0 Å². The van der Waals surface area contributed by atoms with Crippen molar-refractivity contribution in [2.45, 2.75) is 33.1 Å². The van der Waals surface area contributed by atoms with E-state index >= 15 is 0 Å². The Morgan fingerprint density at radius 1 is 1.10 bits per heavy atom. The maximum absolute atomic E-state index is 12.7. The highest BCUT2D eigenvalue weighted by molar-refractivity contribution is 6.06. The van der Waals surface area contributed by atoms with E-state index < -0.39 is 11.9 Å². The van der Waals surface area contributed by atoms with Gasteiger partial charge >= 0.3 is 5.97 Å². The molecule has 2 heterocycles. The predicted molar refractivity (Wildman–Crippen MR) is 111 cm³/mol. The zero-order valence-electron chi connectivity index (χ0n) is 16.8. The van der Waals surface area contributed by atoms with Gasteiger partial charge in [0.2, 0.25) is 5.76 Å². The fourth-order valence-electron chi connectivity index (χ4n) is 3.41. The molecule has 1 aliphatic carbocycles. The van der Waals surface area contributed by atoms with Crippen LogP contribution in [0.3, 0.4) is 0 Å². The number of carbonyl (C=O) groups excluding carboxylic acids is 2. The minimum absolute atomic E-state index is 0.159. The molecule has 1 N–H and O–H groups in total. The van der Waals surface area contributed by atoms with E-state index in [0.717, 1.165) is 17.5 Å². The van der Waals surface area contributed by atoms with Crippen LogP contribution in [0, 0.1) is 13.8 Å². The number of esters is 1. The molecule has 0 spiro atoms. The molecule has 0 atom stereocenters. The summed E-state index contributed by atoms with van der Waals surface area (Å²) in [4.78, 5) is 28.9. The normalized spacial score (nSPS) is 14.3. The summed E-state index contributed by atoms with van der Waals surface area (Å²) in [5.41, 5.74) is 6.01. The lowest BCUT2D eigenvalue weighted by Gasteiger charge is -2.13. The van der Waals surface area contributed by atoms with Gasteiger partial charge in [-0.3, -0.25) is 9.78 Å². The molecule has 1 aromatic carbocycles. The second-order valence-electron chi connectivity index (χ2n) is 7.12. The number of nitrogens with zero attached hydrogens (tertiary/aromatic N) is 2. The second-order valence-corrected chi connectivity index (χ2v) is 7.12. The van der Waals surface area contributed by atoms with E-state index in [0.29, 0.717) is 35.6 Å². The number of hydrazone groups is 1. The van der Waals surface area contributed by atoms with Crippen molar-refractivity contribution < 1.29 is 18.7 Å². The zero-order chi connectivity index (χ0) is 21.1. The standard InChI is InChI=1S/C23H21N3O4/c1-14-9-11-16(12-10-14)29-23(28)21-15(2)20-17(7-5-8-19(20)30-21)25-26-22(27)18-6-3-4-13-24-18/h3-4,6,9-13H,5,7-8H2,1-2H3,(H,26,27)/b25-17+. The van der Waals surface area contributed by atoms with Crippen LogP contribution in [0.5, 0.6) is 5.75 Å². The van der Waals surface area contributed by atoms with Crippen LogP contribution in [0.4, 0.5) is 0 Å². The molecule has 0 saturated heterocycles. The molecule has 152 valence electrons. The fraction of sp³-hybridized carbons (Fsp3) is 0.217. The molecule has 7 nitrogen and oxygen atoms in total. The first-order valence-corrected chi connectivity index (χ1v) is 9.72. The highest BCUT2D eigenvalue weighted by Gasteiger charge is 2.29. The molecule has 2 aromatic heterocycles. The Hall–Kier alpha value is -3.74. The Labute approximate surface area is 173 Å². The van der Waals surface area contributed by atoms with Crippen molar-refractivity contribution in [2.75, 3.05) is 0 Å². The van der Waals surface area contributed by atoms with Gasteiger partial charge in [-0.2, -0.15) is 5.10 Å². The summed E-state index contributed by atoms with van der Waals surface area (Å²) >= 11 is 0. The van der Waals surface area contributed by atoms with E-state index in [9.17, 15) is 9.59 Å².